The third-order valence-electron chi connectivity index (χ3n) is 6.05. The van der Waals surface area contributed by atoms with Crippen molar-refractivity contribution in [3.8, 4) is 0 Å². The number of methoxy groups -OCH3 is 1. The summed E-state index contributed by atoms with van der Waals surface area (Å²) in [6.45, 7) is 12.3. The van der Waals surface area contributed by atoms with Crippen LogP contribution in [0.2, 0.25) is 5.02 Å². The first-order valence-corrected chi connectivity index (χ1v) is 11.1. The van der Waals surface area contributed by atoms with Crippen molar-refractivity contribution in [1.29, 1.82) is 0 Å². The number of fused-ring (bicyclic) bond motifs is 1. The number of H-pyrrole nitrogens is 1. The molecular weight excluding hydrogens is 418 g/mol. The van der Waals surface area contributed by atoms with Crippen LogP contribution in [0.4, 0.5) is 10.5 Å². The van der Waals surface area contributed by atoms with Crippen molar-refractivity contribution in [2.45, 2.75) is 40.2 Å². The second-order valence-corrected chi connectivity index (χ2v) is 9.13. The van der Waals surface area contributed by atoms with Gasteiger partial charge in [-0.2, -0.15) is 0 Å². The van der Waals surface area contributed by atoms with Gasteiger partial charge in [0.15, 0.2) is 5.82 Å². The number of carbonyl (C=O) groups excluding carboxylic acids is 2. The zero-order valence-corrected chi connectivity index (χ0v) is 19.7. The molecule has 1 saturated heterocycles. The Morgan fingerprint density at radius 3 is 2.74 bits per heavy atom. The molecule has 1 aliphatic heterocycles. The van der Waals surface area contributed by atoms with Gasteiger partial charge in [-0.15, -0.1) is 0 Å². The van der Waals surface area contributed by atoms with E-state index in [0.717, 1.165) is 42.9 Å². The number of aromatic amines is 1. The molecule has 2 heterocycles. The van der Waals surface area contributed by atoms with Gasteiger partial charge in [-0.25, -0.2) is 9.78 Å². The molecule has 0 spiro atoms. The van der Waals surface area contributed by atoms with Crippen LogP contribution in [0.1, 0.15) is 44.7 Å². The molecule has 1 fully saturated rings. The van der Waals surface area contributed by atoms with E-state index in [1.807, 2.05) is 26.0 Å². The molecule has 0 radical (unpaired) electrons. The third-order valence-corrected chi connectivity index (χ3v) is 6.36. The summed E-state index contributed by atoms with van der Waals surface area (Å²) in [5.74, 6) is 0.188. The standard InChI is InChI=1S/C22H32ClN5O3/c1-6-27-9-10-28(14(2)13-27)18-12-17-16(11-15(18)23)25-20(26-17)19(29)22(3,4)7-8-24-21(30)31-5/h11-12,14H,6-10,13H2,1-5H3,(H,24,30)(H,25,26). The summed E-state index contributed by atoms with van der Waals surface area (Å²) in [6, 6.07) is 4.15. The van der Waals surface area contributed by atoms with Gasteiger partial charge >= 0.3 is 6.09 Å². The fraction of sp³-hybridized carbons (Fsp3) is 0.591. The number of benzene rings is 1. The van der Waals surface area contributed by atoms with E-state index in [4.69, 9.17) is 11.6 Å². The summed E-state index contributed by atoms with van der Waals surface area (Å²) in [4.78, 5) is 36.8. The predicted molar refractivity (Wildman–Crippen MR) is 123 cm³/mol. The molecule has 9 heteroatoms. The van der Waals surface area contributed by atoms with Crippen molar-refractivity contribution in [3.63, 3.8) is 0 Å². The summed E-state index contributed by atoms with van der Waals surface area (Å²) in [5, 5.41) is 3.26. The number of Topliss-reactive ketones (excluding diaryl/α,β-unsaturated/α-hetero) is 1. The Morgan fingerprint density at radius 1 is 1.35 bits per heavy atom. The van der Waals surface area contributed by atoms with E-state index in [2.05, 4.69) is 43.7 Å². The molecule has 31 heavy (non-hydrogen) atoms. The van der Waals surface area contributed by atoms with Crippen LogP contribution in [0, 0.1) is 5.41 Å². The number of nitrogens with zero attached hydrogens (tertiary/aromatic N) is 3. The minimum atomic E-state index is -0.702. The van der Waals surface area contributed by atoms with Crippen LogP contribution < -0.4 is 10.2 Å². The largest absolute Gasteiger partial charge is 0.453 e. The van der Waals surface area contributed by atoms with Gasteiger partial charge < -0.3 is 19.9 Å². The number of rotatable bonds is 7. The Bertz CT molecular complexity index is 958. The van der Waals surface area contributed by atoms with Gasteiger partial charge in [0.25, 0.3) is 0 Å². The van der Waals surface area contributed by atoms with E-state index in [0.29, 0.717) is 29.9 Å². The van der Waals surface area contributed by atoms with E-state index < -0.39 is 11.5 Å². The fourth-order valence-electron chi connectivity index (χ4n) is 4.01. The molecule has 0 bridgehead atoms. The summed E-state index contributed by atoms with van der Waals surface area (Å²) >= 11 is 6.62. The smallest absolute Gasteiger partial charge is 0.406 e. The summed E-state index contributed by atoms with van der Waals surface area (Å²) in [5.41, 5.74) is 1.70. The molecule has 3 rings (SSSR count). The predicted octanol–water partition coefficient (Wildman–Crippen LogP) is 3.70. The quantitative estimate of drug-likeness (QED) is 0.626. The van der Waals surface area contributed by atoms with Crippen molar-refractivity contribution >= 4 is 40.2 Å². The molecule has 8 nitrogen and oxygen atoms in total. The zero-order chi connectivity index (χ0) is 22.8. The van der Waals surface area contributed by atoms with Gasteiger partial charge in [-0.3, -0.25) is 9.69 Å². The number of amides is 1. The number of anilines is 1. The molecule has 2 aromatic rings. The number of ether oxygens (including phenoxy) is 1. The number of halogens is 1. The number of aromatic nitrogens is 2. The molecule has 170 valence electrons. The van der Waals surface area contributed by atoms with Crippen molar-refractivity contribution in [3.05, 3.63) is 23.0 Å². The van der Waals surface area contributed by atoms with Crippen LogP contribution in [0.5, 0.6) is 0 Å². The monoisotopic (exact) mass is 449 g/mol. The highest BCUT2D eigenvalue weighted by atomic mass is 35.5. The maximum atomic E-state index is 13.1. The van der Waals surface area contributed by atoms with E-state index in [-0.39, 0.29) is 5.78 Å². The van der Waals surface area contributed by atoms with Gasteiger partial charge in [0.05, 0.1) is 28.9 Å². The fourth-order valence-corrected chi connectivity index (χ4v) is 4.28. The number of piperazine rings is 1. The molecule has 1 aromatic heterocycles. The summed E-state index contributed by atoms with van der Waals surface area (Å²) < 4.78 is 4.57. The second kappa shape index (κ2) is 9.44. The molecule has 0 saturated carbocycles. The lowest BCUT2D eigenvalue weighted by Gasteiger charge is -2.41. The first-order valence-electron chi connectivity index (χ1n) is 10.7. The lowest BCUT2D eigenvalue weighted by molar-refractivity contribution is 0.0814. The summed E-state index contributed by atoms with van der Waals surface area (Å²) in [6.07, 6.45) is -0.0495. The zero-order valence-electron chi connectivity index (χ0n) is 18.9. The van der Waals surface area contributed by atoms with Crippen LogP contribution in [0.15, 0.2) is 12.1 Å². The highest BCUT2D eigenvalue weighted by Gasteiger charge is 2.31. The van der Waals surface area contributed by atoms with Crippen LogP contribution in [-0.4, -0.2) is 72.6 Å². The van der Waals surface area contributed by atoms with E-state index in [9.17, 15) is 9.59 Å². The van der Waals surface area contributed by atoms with Gasteiger partial charge in [0.1, 0.15) is 0 Å². The minimum absolute atomic E-state index is 0.113. The second-order valence-electron chi connectivity index (χ2n) is 8.72. The number of likely N-dealkylation sites (N-methyl/N-ethyl adjacent to an activating group) is 1. The van der Waals surface area contributed by atoms with Crippen molar-refractivity contribution in [2.75, 3.05) is 44.7 Å². The van der Waals surface area contributed by atoms with Crippen LogP contribution >= 0.6 is 11.6 Å². The first kappa shape index (κ1) is 23.3. The Labute approximate surface area is 188 Å². The minimum Gasteiger partial charge on any atom is -0.453 e. The van der Waals surface area contributed by atoms with E-state index in [1.165, 1.54) is 7.11 Å². The van der Waals surface area contributed by atoms with Crippen LogP contribution in [0.3, 0.4) is 0 Å². The molecule has 1 aromatic carbocycles. The van der Waals surface area contributed by atoms with Crippen LogP contribution in [-0.2, 0) is 4.74 Å². The van der Waals surface area contributed by atoms with Gasteiger partial charge in [-0.1, -0.05) is 32.4 Å². The molecule has 1 aliphatic rings. The Balaban J connectivity index is 1.80. The normalized spacial score (nSPS) is 17.7. The molecule has 1 unspecified atom stereocenters. The van der Waals surface area contributed by atoms with Crippen LogP contribution in [0.25, 0.3) is 11.0 Å². The SMILES string of the molecule is CCN1CCN(c2cc3nc(C(=O)C(C)(C)CCNC(=O)OC)[nH]c3cc2Cl)C(C)C1. The average Bonchev–Trinajstić information content (AvgIpc) is 3.14. The number of alkyl carbamates (subject to hydrolysis) is 1. The summed E-state index contributed by atoms with van der Waals surface area (Å²) in [7, 11) is 1.31. The van der Waals surface area contributed by atoms with E-state index >= 15 is 0 Å². The number of nitrogens with one attached hydrogen (secondary N) is 2. The highest BCUT2D eigenvalue weighted by molar-refractivity contribution is 6.34. The maximum Gasteiger partial charge on any atom is 0.406 e. The lowest BCUT2D eigenvalue weighted by atomic mass is 9.84. The van der Waals surface area contributed by atoms with E-state index in [1.54, 1.807) is 0 Å². The lowest BCUT2D eigenvalue weighted by Crippen LogP contribution is -2.51. The number of hydrogen-bond donors (Lipinski definition) is 2. The Hall–Kier alpha value is -2.32. The highest BCUT2D eigenvalue weighted by Crippen LogP contribution is 2.33. The van der Waals surface area contributed by atoms with Gasteiger partial charge in [-0.05, 0) is 32.0 Å². The average molecular weight is 450 g/mol. The van der Waals surface area contributed by atoms with Gasteiger partial charge in [0.2, 0.25) is 5.78 Å². The third kappa shape index (κ3) is 5.13. The molecule has 2 N–H and O–H groups in total. The molecule has 0 aliphatic carbocycles. The molecule has 1 atom stereocenters. The Kier molecular flexibility index (Phi) is 7.11. The number of ketones is 1. The molecule has 1 amide bonds. The Morgan fingerprint density at radius 2 is 2.10 bits per heavy atom. The number of hydrogen-bond acceptors (Lipinski definition) is 6. The van der Waals surface area contributed by atoms with Gasteiger partial charge in [0, 0.05) is 37.6 Å². The maximum absolute atomic E-state index is 13.1. The topological polar surface area (TPSA) is 90.6 Å². The van der Waals surface area contributed by atoms with Crippen molar-refractivity contribution in [2.24, 2.45) is 5.41 Å². The molecular formula is C22H32ClN5O3. The number of imidazole rings is 1. The first-order chi connectivity index (χ1) is 14.7. The number of carbonyl (C=O) groups is 2. The van der Waals surface area contributed by atoms with Crippen molar-refractivity contribution < 1.29 is 14.3 Å². The van der Waals surface area contributed by atoms with Crippen molar-refractivity contribution in [1.82, 2.24) is 20.2 Å².